The standard InChI is InChI=1S/C6H10N4O2.C2HF3O2/c1-12-6(11)5-2-4(3-8-5)9-10-7;3-2(4,5)1(6)7/h4-5,8H,2-3H2,1H3;(H,6,7)/t4?,5-;/m0./s1. The van der Waals surface area contributed by atoms with Crippen molar-refractivity contribution in [1.82, 2.24) is 5.32 Å². The van der Waals surface area contributed by atoms with Crippen LogP contribution < -0.4 is 5.32 Å². The van der Waals surface area contributed by atoms with E-state index in [4.69, 9.17) is 15.4 Å². The Kier molecular flexibility index (Phi) is 6.66. The molecule has 1 rings (SSSR count). The molecule has 0 aromatic carbocycles. The molecule has 0 amide bonds. The molecular formula is C8H11F3N4O4. The second-order valence-electron chi connectivity index (χ2n) is 3.38. The first-order valence-corrected chi connectivity index (χ1v) is 4.88. The van der Waals surface area contributed by atoms with Crippen molar-refractivity contribution in [3.63, 3.8) is 0 Å². The molecule has 1 fully saturated rings. The molecule has 0 spiro atoms. The summed E-state index contributed by atoms with van der Waals surface area (Å²) < 4.78 is 36.3. The number of azide groups is 1. The summed E-state index contributed by atoms with van der Waals surface area (Å²) in [4.78, 5) is 22.5. The minimum atomic E-state index is -5.08. The largest absolute Gasteiger partial charge is 0.490 e. The number of ether oxygens (including phenoxy) is 1. The van der Waals surface area contributed by atoms with E-state index in [-0.39, 0.29) is 18.1 Å². The fourth-order valence-corrected chi connectivity index (χ4v) is 1.20. The van der Waals surface area contributed by atoms with Crippen LogP contribution in [0.3, 0.4) is 0 Å². The molecule has 0 saturated carbocycles. The van der Waals surface area contributed by atoms with Gasteiger partial charge in [0.05, 0.1) is 13.2 Å². The first-order valence-electron chi connectivity index (χ1n) is 4.88. The lowest BCUT2D eigenvalue weighted by molar-refractivity contribution is -0.192. The van der Waals surface area contributed by atoms with Crippen LogP contribution in [0.1, 0.15) is 6.42 Å². The van der Waals surface area contributed by atoms with E-state index in [0.717, 1.165) is 0 Å². The highest BCUT2D eigenvalue weighted by molar-refractivity contribution is 5.76. The SMILES string of the molecule is COC(=O)[C@@H]1CC(N=[N+]=[N-])CN1.O=C(O)C(F)(F)F. The van der Waals surface area contributed by atoms with Gasteiger partial charge in [0.2, 0.25) is 0 Å². The second-order valence-corrected chi connectivity index (χ2v) is 3.38. The smallest absolute Gasteiger partial charge is 0.475 e. The van der Waals surface area contributed by atoms with E-state index in [1.165, 1.54) is 7.11 Å². The zero-order chi connectivity index (χ0) is 15.1. The summed E-state index contributed by atoms with van der Waals surface area (Å²) in [6.07, 6.45) is -4.56. The van der Waals surface area contributed by atoms with Gasteiger partial charge in [-0.25, -0.2) is 4.79 Å². The van der Waals surface area contributed by atoms with Crippen molar-refractivity contribution in [3.05, 3.63) is 10.4 Å². The van der Waals surface area contributed by atoms with Crippen LogP contribution in [0.5, 0.6) is 0 Å². The monoisotopic (exact) mass is 284 g/mol. The number of alkyl halides is 3. The highest BCUT2D eigenvalue weighted by atomic mass is 19.4. The van der Waals surface area contributed by atoms with Gasteiger partial charge < -0.3 is 15.2 Å². The maximum atomic E-state index is 10.9. The van der Waals surface area contributed by atoms with Crippen molar-refractivity contribution in [2.45, 2.75) is 24.7 Å². The predicted octanol–water partition coefficient (Wildman–Crippen LogP) is 0.833. The Hall–Kier alpha value is -2.00. The number of rotatable bonds is 2. The van der Waals surface area contributed by atoms with E-state index in [1.807, 2.05) is 0 Å². The Morgan fingerprint density at radius 2 is 2.05 bits per heavy atom. The third kappa shape index (κ3) is 6.48. The Balaban J connectivity index is 0.000000399. The quantitative estimate of drug-likeness (QED) is 0.336. The van der Waals surface area contributed by atoms with Gasteiger partial charge in [-0.2, -0.15) is 13.2 Å². The van der Waals surface area contributed by atoms with Gasteiger partial charge in [0.25, 0.3) is 0 Å². The van der Waals surface area contributed by atoms with Gasteiger partial charge in [-0.05, 0) is 12.0 Å². The highest BCUT2D eigenvalue weighted by Gasteiger charge is 2.38. The Bertz CT molecular complexity index is 381. The Morgan fingerprint density at radius 1 is 1.53 bits per heavy atom. The van der Waals surface area contributed by atoms with Gasteiger partial charge in [0.15, 0.2) is 0 Å². The third-order valence-corrected chi connectivity index (χ3v) is 2.05. The molecule has 1 unspecified atom stereocenters. The van der Waals surface area contributed by atoms with Gasteiger partial charge in [-0.1, -0.05) is 5.11 Å². The van der Waals surface area contributed by atoms with E-state index >= 15 is 0 Å². The molecule has 108 valence electrons. The molecule has 0 aliphatic carbocycles. The molecule has 1 aliphatic rings. The third-order valence-electron chi connectivity index (χ3n) is 2.05. The number of methoxy groups -OCH3 is 1. The number of carboxylic acid groups (broad SMARTS) is 1. The Morgan fingerprint density at radius 3 is 2.42 bits per heavy atom. The van der Waals surface area contributed by atoms with Crippen LogP contribution in [0.2, 0.25) is 0 Å². The van der Waals surface area contributed by atoms with E-state index in [2.05, 4.69) is 20.1 Å². The van der Waals surface area contributed by atoms with Crippen LogP contribution in [-0.4, -0.2) is 49.0 Å². The van der Waals surface area contributed by atoms with Crippen LogP contribution >= 0.6 is 0 Å². The summed E-state index contributed by atoms with van der Waals surface area (Å²) in [5.41, 5.74) is 8.12. The van der Waals surface area contributed by atoms with Crippen molar-refractivity contribution in [2.75, 3.05) is 13.7 Å². The van der Waals surface area contributed by atoms with E-state index in [0.29, 0.717) is 13.0 Å². The van der Waals surface area contributed by atoms with Gasteiger partial charge in [0.1, 0.15) is 6.04 Å². The van der Waals surface area contributed by atoms with Gasteiger partial charge >= 0.3 is 18.1 Å². The summed E-state index contributed by atoms with van der Waals surface area (Å²) >= 11 is 0. The minimum Gasteiger partial charge on any atom is -0.475 e. The van der Waals surface area contributed by atoms with Crippen molar-refractivity contribution in [2.24, 2.45) is 5.11 Å². The molecule has 0 aromatic heterocycles. The van der Waals surface area contributed by atoms with Crippen molar-refractivity contribution in [3.8, 4) is 0 Å². The van der Waals surface area contributed by atoms with Gasteiger partial charge in [-0.3, -0.25) is 4.79 Å². The van der Waals surface area contributed by atoms with Crippen molar-refractivity contribution in [1.29, 1.82) is 0 Å². The molecule has 2 N–H and O–H groups in total. The number of carbonyl (C=O) groups excluding carboxylic acids is 1. The van der Waals surface area contributed by atoms with E-state index < -0.39 is 12.1 Å². The number of nitrogens with one attached hydrogen (secondary N) is 1. The molecule has 2 atom stereocenters. The maximum Gasteiger partial charge on any atom is 0.490 e. The van der Waals surface area contributed by atoms with Crippen LogP contribution in [0.4, 0.5) is 13.2 Å². The fourth-order valence-electron chi connectivity index (χ4n) is 1.20. The first kappa shape index (κ1) is 17.0. The molecule has 11 heteroatoms. The number of carboxylic acids is 1. The topological polar surface area (TPSA) is 124 Å². The van der Waals surface area contributed by atoms with Crippen LogP contribution in [0, 0.1) is 0 Å². The molecule has 19 heavy (non-hydrogen) atoms. The molecule has 0 bridgehead atoms. The van der Waals surface area contributed by atoms with Crippen LogP contribution in [0.25, 0.3) is 10.4 Å². The highest BCUT2D eigenvalue weighted by Crippen LogP contribution is 2.13. The first-order chi connectivity index (χ1) is 8.72. The molecule has 0 aromatic rings. The average Bonchev–Trinajstić information content (AvgIpc) is 2.76. The normalized spacial score (nSPS) is 21.7. The summed E-state index contributed by atoms with van der Waals surface area (Å²) in [6, 6.07) is -0.440. The number of esters is 1. The predicted molar refractivity (Wildman–Crippen MR) is 55.0 cm³/mol. The maximum absolute atomic E-state index is 10.9. The zero-order valence-electron chi connectivity index (χ0n) is 9.72. The molecular weight excluding hydrogens is 273 g/mol. The van der Waals surface area contributed by atoms with Gasteiger partial charge in [0, 0.05) is 11.5 Å². The van der Waals surface area contributed by atoms with E-state index in [1.54, 1.807) is 0 Å². The fraction of sp³-hybridized carbons (Fsp3) is 0.750. The van der Waals surface area contributed by atoms with Crippen molar-refractivity contribution >= 4 is 11.9 Å². The zero-order valence-corrected chi connectivity index (χ0v) is 9.72. The van der Waals surface area contributed by atoms with Gasteiger partial charge in [-0.15, -0.1) is 0 Å². The lowest BCUT2D eigenvalue weighted by Crippen LogP contribution is -2.31. The molecule has 1 heterocycles. The van der Waals surface area contributed by atoms with Crippen LogP contribution in [-0.2, 0) is 14.3 Å². The minimum absolute atomic E-state index is 0.126. The number of hydrogen-bond donors (Lipinski definition) is 2. The molecule has 1 saturated heterocycles. The average molecular weight is 284 g/mol. The number of carbonyl (C=O) groups is 2. The lowest BCUT2D eigenvalue weighted by Gasteiger charge is -2.05. The number of nitrogens with zero attached hydrogens (tertiary/aromatic N) is 3. The summed E-state index contributed by atoms with van der Waals surface area (Å²) in [7, 11) is 1.34. The number of aliphatic carboxylic acids is 1. The molecule has 1 aliphatic heterocycles. The number of halogens is 3. The van der Waals surface area contributed by atoms with Crippen molar-refractivity contribution < 1.29 is 32.6 Å². The van der Waals surface area contributed by atoms with E-state index in [9.17, 15) is 18.0 Å². The summed E-state index contributed by atoms with van der Waals surface area (Å²) in [6.45, 7) is 0.545. The summed E-state index contributed by atoms with van der Waals surface area (Å²) in [5, 5.41) is 13.5. The number of hydrogen-bond acceptors (Lipinski definition) is 5. The Labute approximate surface area is 105 Å². The molecule has 0 radical (unpaired) electrons. The van der Waals surface area contributed by atoms with Crippen LogP contribution in [0.15, 0.2) is 5.11 Å². The summed E-state index contributed by atoms with van der Waals surface area (Å²) in [5.74, 6) is -3.06. The lowest BCUT2D eigenvalue weighted by atomic mass is 10.2. The second kappa shape index (κ2) is 7.44. The molecule has 8 nitrogen and oxygen atoms in total.